The lowest BCUT2D eigenvalue weighted by atomic mass is 10.0. The molecular formula is C18H19ClN4. The number of hydrogen-bond acceptors (Lipinski definition) is 3. The van der Waals surface area contributed by atoms with Gasteiger partial charge in [0.25, 0.3) is 0 Å². The van der Waals surface area contributed by atoms with Crippen LogP contribution in [0.3, 0.4) is 0 Å². The Morgan fingerprint density at radius 1 is 1.43 bits per heavy atom. The van der Waals surface area contributed by atoms with Gasteiger partial charge < -0.3 is 4.57 Å². The highest BCUT2D eigenvalue weighted by molar-refractivity contribution is 6.33. The molecule has 0 radical (unpaired) electrons. The average molecular weight is 327 g/mol. The summed E-state index contributed by atoms with van der Waals surface area (Å²) in [6.45, 7) is 12.2. The van der Waals surface area contributed by atoms with Crippen molar-refractivity contribution in [3.8, 4) is 6.07 Å². The van der Waals surface area contributed by atoms with Crippen molar-refractivity contribution in [2.75, 3.05) is 0 Å². The van der Waals surface area contributed by atoms with Crippen LogP contribution in [0.4, 0.5) is 0 Å². The minimum absolute atomic E-state index is 0.319. The molecule has 5 heteroatoms. The van der Waals surface area contributed by atoms with Crippen molar-refractivity contribution in [1.29, 1.82) is 5.26 Å². The van der Waals surface area contributed by atoms with Crippen molar-refractivity contribution in [2.45, 2.75) is 34.2 Å². The van der Waals surface area contributed by atoms with Crippen LogP contribution < -0.4 is 0 Å². The molecule has 0 saturated carbocycles. The van der Waals surface area contributed by atoms with Gasteiger partial charge in [-0.15, -0.1) is 0 Å². The maximum absolute atomic E-state index is 9.26. The van der Waals surface area contributed by atoms with Crippen LogP contribution in [0.15, 0.2) is 30.4 Å². The van der Waals surface area contributed by atoms with E-state index in [0.29, 0.717) is 34.2 Å². The van der Waals surface area contributed by atoms with Crippen molar-refractivity contribution in [3.63, 3.8) is 0 Å². The number of rotatable bonds is 4. The second-order valence-electron chi connectivity index (χ2n) is 5.15. The lowest BCUT2D eigenvalue weighted by Gasteiger charge is -2.06. The third-order valence-electron chi connectivity index (χ3n) is 3.74. The van der Waals surface area contributed by atoms with E-state index in [9.17, 15) is 5.26 Å². The summed E-state index contributed by atoms with van der Waals surface area (Å²) in [5.41, 5.74) is 4.99. The quantitative estimate of drug-likeness (QED) is 0.757. The highest BCUT2D eigenvalue weighted by Gasteiger charge is 2.21. The molecule has 0 N–H and O–H groups in total. The van der Waals surface area contributed by atoms with E-state index in [1.807, 2.05) is 37.5 Å². The normalized spacial score (nSPS) is 12.5. The molecule has 4 nitrogen and oxygen atoms in total. The Kier molecular flexibility index (Phi) is 5.02. The molecule has 0 saturated heterocycles. The maximum Gasteiger partial charge on any atom is 0.162 e. The number of nitrogens with zero attached hydrogens (tertiary/aromatic N) is 4. The van der Waals surface area contributed by atoms with E-state index in [-0.39, 0.29) is 0 Å². The molecule has 23 heavy (non-hydrogen) atoms. The first-order valence-electron chi connectivity index (χ1n) is 7.42. The lowest BCUT2D eigenvalue weighted by Crippen LogP contribution is -1.99. The third-order valence-corrected chi connectivity index (χ3v) is 4.14. The third kappa shape index (κ3) is 2.80. The molecular weight excluding hydrogens is 308 g/mol. The second-order valence-corrected chi connectivity index (χ2v) is 5.51. The van der Waals surface area contributed by atoms with Crippen LogP contribution in [0.25, 0.3) is 16.7 Å². The summed E-state index contributed by atoms with van der Waals surface area (Å²) in [4.78, 5) is 9.06. The van der Waals surface area contributed by atoms with Crippen molar-refractivity contribution < 1.29 is 0 Å². The molecule has 0 spiro atoms. The summed E-state index contributed by atoms with van der Waals surface area (Å²) in [7, 11) is 0. The van der Waals surface area contributed by atoms with Crippen molar-refractivity contribution in [3.05, 3.63) is 52.5 Å². The van der Waals surface area contributed by atoms with Gasteiger partial charge in [0.15, 0.2) is 11.3 Å². The Morgan fingerprint density at radius 2 is 2.13 bits per heavy atom. The topological polar surface area (TPSA) is 54.5 Å². The SMILES string of the molecule is C=C/C(C)=C(\C=C/C)c1c(Cl)n(CC)c2nc(C)c(C#N)nc12. The smallest absolute Gasteiger partial charge is 0.162 e. The van der Waals surface area contributed by atoms with Crippen LogP contribution in [-0.2, 0) is 6.54 Å². The van der Waals surface area contributed by atoms with E-state index in [1.165, 1.54) is 0 Å². The first-order valence-corrected chi connectivity index (χ1v) is 7.80. The number of aromatic nitrogens is 3. The molecule has 0 aliphatic heterocycles. The summed E-state index contributed by atoms with van der Waals surface area (Å²) in [5.74, 6) is 0. The van der Waals surface area contributed by atoms with Gasteiger partial charge in [-0.25, -0.2) is 9.97 Å². The fraction of sp³-hybridized carbons (Fsp3) is 0.278. The zero-order valence-corrected chi connectivity index (χ0v) is 14.6. The lowest BCUT2D eigenvalue weighted by molar-refractivity contribution is 0.785. The number of fused-ring (bicyclic) bond motifs is 1. The minimum Gasteiger partial charge on any atom is -0.315 e. The molecule has 0 aliphatic carbocycles. The van der Waals surface area contributed by atoms with Crippen LogP contribution in [0.2, 0.25) is 5.15 Å². The summed E-state index contributed by atoms with van der Waals surface area (Å²) in [5, 5.41) is 9.84. The minimum atomic E-state index is 0.319. The molecule has 0 aromatic carbocycles. The van der Waals surface area contributed by atoms with Crippen molar-refractivity contribution >= 4 is 28.3 Å². The Balaban J connectivity index is 3.01. The van der Waals surface area contributed by atoms with Gasteiger partial charge in [0.1, 0.15) is 16.7 Å². The molecule has 2 aromatic heterocycles. The van der Waals surface area contributed by atoms with Gasteiger partial charge in [-0.1, -0.05) is 36.4 Å². The van der Waals surface area contributed by atoms with Gasteiger partial charge in [-0.3, -0.25) is 0 Å². The first kappa shape index (κ1) is 17.0. The number of nitriles is 1. The fourth-order valence-corrected chi connectivity index (χ4v) is 2.90. The van der Waals surface area contributed by atoms with Crippen LogP contribution in [0.5, 0.6) is 0 Å². The molecule has 2 rings (SSSR count). The van der Waals surface area contributed by atoms with Crippen LogP contribution in [0, 0.1) is 18.3 Å². The van der Waals surface area contributed by atoms with Crippen molar-refractivity contribution in [1.82, 2.24) is 14.5 Å². The molecule has 118 valence electrons. The first-order chi connectivity index (χ1) is 11.0. The van der Waals surface area contributed by atoms with E-state index in [4.69, 9.17) is 11.6 Å². The summed E-state index contributed by atoms with van der Waals surface area (Å²) < 4.78 is 1.91. The molecule has 0 unspecified atom stereocenters. The summed E-state index contributed by atoms with van der Waals surface area (Å²) >= 11 is 6.63. The Morgan fingerprint density at radius 3 is 2.65 bits per heavy atom. The molecule has 2 heterocycles. The van der Waals surface area contributed by atoms with Gasteiger partial charge in [0.05, 0.1) is 5.69 Å². The monoisotopic (exact) mass is 326 g/mol. The number of hydrogen-bond donors (Lipinski definition) is 0. The molecule has 0 fully saturated rings. The molecule has 2 aromatic rings. The van der Waals surface area contributed by atoms with Gasteiger partial charge in [-0.2, -0.15) is 5.26 Å². The van der Waals surface area contributed by atoms with Crippen LogP contribution >= 0.6 is 11.6 Å². The number of aryl methyl sites for hydroxylation is 2. The molecule has 0 atom stereocenters. The predicted octanol–water partition coefficient (Wildman–Crippen LogP) is 4.82. The van der Waals surface area contributed by atoms with Gasteiger partial charge in [-0.05, 0) is 38.8 Å². The maximum atomic E-state index is 9.26. The summed E-state index contributed by atoms with van der Waals surface area (Å²) in [6, 6.07) is 2.10. The molecule has 0 amide bonds. The Bertz CT molecular complexity index is 879. The van der Waals surface area contributed by atoms with E-state index < -0.39 is 0 Å². The average Bonchev–Trinajstić information content (AvgIpc) is 2.81. The number of allylic oxidation sites excluding steroid dienone is 5. The van der Waals surface area contributed by atoms with E-state index in [1.54, 1.807) is 13.0 Å². The molecule has 0 bridgehead atoms. The zero-order chi connectivity index (χ0) is 17.1. The van der Waals surface area contributed by atoms with Crippen molar-refractivity contribution in [2.24, 2.45) is 0 Å². The standard InChI is InChI=1S/C18H19ClN4/c1-6-9-13(11(4)7-2)15-16-18(23(8-3)17(15)19)21-12(5)14(10-20)22-16/h6-7,9H,2,8H2,1,3-5H3/b9-6-,13-11+. The Labute approximate surface area is 141 Å². The van der Waals surface area contributed by atoms with Gasteiger partial charge in [0, 0.05) is 12.1 Å². The second kappa shape index (κ2) is 6.80. The van der Waals surface area contributed by atoms with Crippen LogP contribution in [0.1, 0.15) is 37.7 Å². The van der Waals surface area contributed by atoms with E-state index in [2.05, 4.69) is 22.6 Å². The van der Waals surface area contributed by atoms with Gasteiger partial charge >= 0.3 is 0 Å². The highest BCUT2D eigenvalue weighted by Crippen LogP contribution is 2.36. The summed E-state index contributed by atoms with van der Waals surface area (Å²) in [6.07, 6.45) is 5.71. The zero-order valence-electron chi connectivity index (χ0n) is 13.8. The number of halogens is 1. The largest absolute Gasteiger partial charge is 0.315 e. The van der Waals surface area contributed by atoms with E-state index >= 15 is 0 Å². The fourth-order valence-electron chi connectivity index (χ4n) is 2.51. The van der Waals surface area contributed by atoms with Crippen LogP contribution in [-0.4, -0.2) is 14.5 Å². The molecule has 0 aliphatic rings. The predicted molar refractivity (Wildman–Crippen MR) is 95.3 cm³/mol. The Hall–Kier alpha value is -2.38. The van der Waals surface area contributed by atoms with E-state index in [0.717, 1.165) is 16.7 Å². The van der Waals surface area contributed by atoms with Gasteiger partial charge in [0.2, 0.25) is 0 Å². The highest BCUT2D eigenvalue weighted by atomic mass is 35.5.